The van der Waals surface area contributed by atoms with Crippen molar-refractivity contribution in [1.82, 2.24) is 9.97 Å². The number of rotatable bonds is 8. The molecule has 0 bridgehead atoms. The van der Waals surface area contributed by atoms with E-state index in [0.29, 0.717) is 24.7 Å². The van der Waals surface area contributed by atoms with Gasteiger partial charge < -0.3 is 19.9 Å². The van der Waals surface area contributed by atoms with Crippen LogP contribution in [0.4, 0.5) is 5.82 Å². The Balaban J connectivity index is 2.70. The van der Waals surface area contributed by atoms with E-state index in [2.05, 4.69) is 15.3 Å². The van der Waals surface area contributed by atoms with E-state index in [4.69, 9.17) is 14.6 Å². The molecular weight excluding hydrogens is 250 g/mol. The molecule has 1 aromatic rings. The van der Waals surface area contributed by atoms with Crippen LogP contribution in [0.25, 0.3) is 0 Å². The van der Waals surface area contributed by atoms with Crippen molar-refractivity contribution in [1.29, 1.82) is 0 Å². The van der Waals surface area contributed by atoms with E-state index in [0.717, 1.165) is 0 Å². The fourth-order valence-corrected chi connectivity index (χ4v) is 1.39. The van der Waals surface area contributed by atoms with Crippen molar-refractivity contribution < 1.29 is 19.4 Å². The van der Waals surface area contributed by atoms with Crippen LogP contribution in [0.5, 0.6) is 5.88 Å². The molecule has 0 spiro atoms. The minimum Gasteiger partial charge on any atom is -0.480 e. The maximum Gasteiger partial charge on any atom is 0.326 e. The van der Waals surface area contributed by atoms with Crippen molar-refractivity contribution in [2.75, 3.05) is 19.0 Å². The quantitative estimate of drug-likeness (QED) is 0.731. The lowest BCUT2D eigenvalue weighted by molar-refractivity contribution is -0.138. The van der Waals surface area contributed by atoms with Crippen LogP contribution >= 0.6 is 0 Å². The Morgan fingerprint density at radius 2 is 2.21 bits per heavy atom. The predicted octanol–water partition coefficient (Wildman–Crippen LogP) is 1.17. The van der Waals surface area contributed by atoms with E-state index in [1.54, 1.807) is 0 Å². The maximum atomic E-state index is 11.1. The molecular formula is C12H19N3O4. The monoisotopic (exact) mass is 269 g/mol. The third-order valence-electron chi connectivity index (χ3n) is 2.20. The van der Waals surface area contributed by atoms with Crippen LogP contribution in [0.3, 0.4) is 0 Å². The zero-order valence-corrected chi connectivity index (χ0v) is 11.3. The minimum atomic E-state index is -0.964. The first-order valence-electron chi connectivity index (χ1n) is 6.00. The summed E-state index contributed by atoms with van der Waals surface area (Å²) in [6.07, 6.45) is 3.25. The molecule has 1 aromatic heterocycles. The van der Waals surface area contributed by atoms with E-state index in [9.17, 15) is 4.79 Å². The third kappa shape index (κ3) is 5.52. The summed E-state index contributed by atoms with van der Waals surface area (Å²) in [5.41, 5.74) is 0. The lowest BCUT2D eigenvalue weighted by atomic mass is 10.2. The van der Waals surface area contributed by atoms with Gasteiger partial charge >= 0.3 is 5.97 Å². The maximum absolute atomic E-state index is 11.1. The Labute approximate surface area is 112 Å². The first-order chi connectivity index (χ1) is 9.02. The fourth-order valence-electron chi connectivity index (χ4n) is 1.39. The summed E-state index contributed by atoms with van der Waals surface area (Å²) < 4.78 is 10.3. The second-order valence-corrected chi connectivity index (χ2v) is 4.23. The molecule has 7 heteroatoms. The van der Waals surface area contributed by atoms with Crippen molar-refractivity contribution in [3.8, 4) is 5.88 Å². The number of aromatic nitrogens is 2. The fraction of sp³-hybridized carbons (Fsp3) is 0.583. The van der Waals surface area contributed by atoms with Crippen LogP contribution in [0, 0.1) is 0 Å². The normalized spacial score (nSPS) is 12.2. The summed E-state index contributed by atoms with van der Waals surface area (Å²) in [6.45, 7) is 4.10. The summed E-state index contributed by atoms with van der Waals surface area (Å²) in [5, 5.41) is 11.9. The zero-order chi connectivity index (χ0) is 14.3. The molecule has 0 aromatic carbocycles. The van der Waals surface area contributed by atoms with E-state index >= 15 is 0 Å². The molecule has 0 radical (unpaired) electrons. The van der Waals surface area contributed by atoms with Gasteiger partial charge in [0.25, 0.3) is 0 Å². The van der Waals surface area contributed by atoms with E-state index < -0.39 is 12.0 Å². The molecule has 0 fully saturated rings. The van der Waals surface area contributed by atoms with Gasteiger partial charge in [-0.3, -0.25) is 4.98 Å². The Morgan fingerprint density at radius 3 is 2.79 bits per heavy atom. The first kappa shape index (κ1) is 15.2. The molecule has 1 heterocycles. The molecule has 0 aliphatic carbocycles. The molecule has 0 aliphatic rings. The number of nitrogens with zero attached hydrogens (tertiary/aromatic N) is 2. The van der Waals surface area contributed by atoms with Gasteiger partial charge in [0, 0.05) is 20.1 Å². The van der Waals surface area contributed by atoms with Crippen LogP contribution < -0.4 is 10.1 Å². The van der Waals surface area contributed by atoms with Crippen molar-refractivity contribution >= 4 is 11.8 Å². The molecule has 19 heavy (non-hydrogen) atoms. The number of hydrogen-bond donors (Lipinski definition) is 2. The number of carboxylic acid groups (broad SMARTS) is 1. The van der Waals surface area contributed by atoms with Crippen LogP contribution in [-0.2, 0) is 9.53 Å². The Hall–Kier alpha value is -1.89. The van der Waals surface area contributed by atoms with Gasteiger partial charge in [0.15, 0.2) is 0 Å². The lowest BCUT2D eigenvalue weighted by Crippen LogP contribution is -2.31. The Kier molecular flexibility index (Phi) is 6.01. The van der Waals surface area contributed by atoms with Crippen LogP contribution in [0.2, 0.25) is 0 Å². The number of hydrogen-bond acceptors (Lipinski definition) is 6. The molecule has 1 atom stereocenters. The molecule has 1 unspecified atom stereocenters. The molecule has 0 amide bonds. The molecule has 0 aliphatic heterocycles. The average molecular weight is 269 g/mol. The van der Waals surface area contributed by atoms with E-state index in [-0.39, 0.29) is 6.10 Å². The van der Waals surface area contributed by atoms with Crippen molar-refractivity contribution in [3.05, 3.63) is 12.4 Å². The Bertz CT molecular complexity index is 412. The molecule has 7 nitrogen and oxygen atoms in total. The first-order valence-corrected chi connectivity index (χ1v) is 6.00. The standard InChI is InChI=1S/C12H19N3O4/c1-8(2)19-11-7-13-6-10(15-11)14-9(12(16)17)4-5-18-3/h6-9H,4-5H2,1-3H3,(H,14,15)(H,16,17). The van der Waals surface area contributed by atoms with Gasteiger partial charge in [-0.05, 0) is 13.8 Å². The van der Waals surface area contributed by atoms with Crippen molar-refractivity contribution in [2.45, 2.75) is 32.4 Å². The van der Waals surface area contributed by atoms with Crippen molar-refractivity contribution in [2.24, 2.45) is 0 Å². The van der Waals surface area contributed by atoms with E-state index in [1.807, 2.05) is 13.8 Å². The van der Waals surface area contributed by atoms with Gasteiger partial charge in [-0.15, -0.1) is 0 Å². The molecule has 0 saturated carbocycles. The number of carboxylic acids is 1. The van der Waals surface area contributed by atoms with Crippen LogP contribution in [-0.4, -0.2) is 46.9 Å². The van der Waals surface area contributed by atoms with Gasteiger partial charge in [0.1, 0.15) is 11.9 Å². The summed E-state index contributed by atoms with van der Waals surface area (Å²) in [6, 6.07) is -0.774. The third-order valence-corrected chi connectivity index (χ3v) is 2.20. The SMILES string of the molecule is COCCC(Nc1cncc(OC(C)C)n1)C(=O)O. The summed E-state index contributed by atoms with van der Waals surface area (Å²) in [4.78, 5) is 19.2. The number of aliphatic carboxylic acids is 1. The van der Waals surface area contributed by atoms with Crippen molar-refractivity contribution in [3.63, 3.8) is 0 Å². The van der Waals surface area contributed by atoms with Gasteiger partial charge in [0.05, 0.1) is 18.5 Å². The smallest absolute Gasteiger partial charge is 0.326 e. The van der Waals surface area contributed by atoms with Gasteiger partial charge in [-0.2, -0.15) is 4.98 Å². The molecule has 106 valence electrons. The summed E-state index contributed by atoms with van der Waals surface area (Å²) >= 11 is 0. The van der Waals surface area contributed by atoms with Gasteiger partial charge in [-0.1, -0.05) is 0 Å². The predicted molar refractivity (Wildman–Crippen MR) is 69.3 cm³/mol. The zero-order valence-electron chi connectivity index (χ0n) is 11.3. The average Bonchev–Trinajstić information content (AvgIpc) is 2.33. The highest BCUT2D eigenvalue weighted by Crippen LogP contribution is 2.12. The van der Waals surface area contributed by atoms with Gasteiger partial charge in [0.2, 0.25) is 5.88 Å². The second-order valence-electron chi connectivity index (χ2n) is 4.23. The highest BCUT2D eigenvalue weighted by Gasteiger charge is 2.17. The Morgan fingerprint density at radius 1 is 1.47 bits per heavy atom. The summed E-state index contributed by atoms with van der Waals surface area (Å²) in [5.74, 6) is -0.244. The topological polar surface area (TPSA) is 93.6 Å². The van der Waals surface area contributed by atoms with E-state index in [1.165, 1.54) is 19.5 Å². The number of carbonyl (C=O) groups is 1. The van der Waals surface area contributed by atoms with Crippen LogP contribution in [0.15, 0.2) is 12.4 Å². The molecule has 2 N–H and O–H groups in total. The highest BCUT2D eigenvalue weighted by atomic mass is 16.5. The number of methoxy groups -OCH3 is 1. The molecule has 0 saturated heterocycles. The number of nitrogens with one attached hydrogen (secondary N) is 1. The minimum absolute atomic E-state index is 0.0201. The highest BCUT2D eigenvalue weighted by molar-refractivity contribution is 5.76. The largest absolute Gasteiger partial charge is 0.480 e. The summed E-state index contributed by atoms with van der Waals surface area (Å²) in [7, 11) is 1.52. The molecule has 1 rings (SSSR count). The van der Waals surface area contributed by atoms with Crippen LogP contribution in [0.1, 0.15) is 20.3 Å². The van der Waals surface area contributed by atoms with Gasteiger partial charge in [-0.25, -0.2) is 4.79 Å². The lowest BCUT2D eigenvalue weighted by Gasteiger charge is -2.15. The number of ether oxygens (including phenoxy) is 2. The second kappa shape index (κ2) is 7.52. The number of anilines is 1.